The Balaban J connectivity index is 1.59. The fourth-order valence-electron chi connectivity index (χ4n) is 2.52. The number of benzene rings is 2. The van der Waals surface area contributed by atoms with Crippen LogP contribution in [0.25, 0.3) is 10.9 Å². The van der Waals surface area contributed by atoms with Gasteiger partial charge in [0.15, 0.2) is 0 Å². The van der Waals surface area contributed by atoms with Crippen LogP contribution in [0.2, 0.25) is 0 Å². The molecule has 1 atom stereocenters. The molecule has 21 heavy (non-hydrogen) atoms. The molecule has 0 aliphatic heterocycles. The van der Waals surface area contributed by atoms with Crippen molar-refractivity contribution in [3.8, 4) is 0 Å². The molecular formula is C19H20N2. The molecule has 0 aliphatic rings. The summed E-state index contributed by atoms with van der Waals surface area (Å²) in [4.78, 5) is 4.68. The van der Waals surface area contributed by atoms with Gasteiger partial charge in [0.05, 0.1) is 11.2 Å². The number of aromatic nitrogens is 1. The lowest BCUT2D eigenvalue weighted by atomic mass is 10.0. The summed E-state index contributed by atoms with van der Waals surface area (Å²) in [6, 6.07) is 23.1. The summed E-state index contributed by atoms with van der Waals surface area (Å²) in [5, 5.41) is 4.70. The number of hydrogen-bond acceptors (Lipinski definition) is 2. The van der Waals surface area contributed by atoms with E-state index in [1.807, 2.05) is 12.1 Å². The Morgan fingerprint density at radius 2 is 1.67 bits per heavy atom. The van der Waals surface area contributed by atoms with Gasteiger partial charge in [0, 0.05) is 18.5 Å². The Labute approximate surface area is 125 Å². The highest BCUT2D eigenvalue weighted by Gasteiger charge is 2.04. The normalized spacial score (nSPS) is 12.4. The Kier molecular flexibility index (Phi) is 4.27. The highest BCUT2D eigenvalue weighted by molar-refractivity contribution is 5.78. The number of nitrogens with one attached hydrogen (secondary N) is 1. The Bertz CT molecular complexity index is 707. The summed E-state index contributed by atoms with van der Waals surface area (Å²) in [5.74, 6) is 0.506. The molecule has 3 aromatic rings. The van der Waals surface area contributed by atoms with Gasteiger partial charge >= 0.3 is 0 Å². The molecule has 1 N–H and O–H groups in total. The Morgan fingerprint density at radius 1 is 0.905 bits per heavy atom. The second-order valence-corrected chi connectivity index (χ2v) is 5.44. The molecule has 0 saturated carbocycles. The van der Waals surface area contributed by atoms with Crippen LogP contribution in [0.4, 0.5) is 0 Å². The van der Waals surface area contributed by atoms with E-state index < -0.39 is 0 Å². The van der Waals surface area contributed by atoms with Crippen molar-refractivity contribution < 1.29 is 0 Å². The second kappa shape index (κ2) is 6.51. The largest absolute Gasteiger partial charge is 0.311 e. The number of hydrogen-bond donors (Lipinski definition) is 1. The van der Waals surface area contributed by atoms with E-state index in [9.17, 15) is 0 Å². The van der Waals surface area contributed by atoms with Crippen molar-refractivity contribution in [2.75, 3.05) is 6.54 Å². The van der Waals surface area contributed by atoms with E-state index in [4.69, 9.17) is 0 Å². The van der Waals surface area contributed by atoms with E-state index in [1.165, 1.54) is 10.9 Å². The molecule has 106 valence electrons. The monoisotopic (exact) mass is 276 g/mol. The third-order valence-corrected chi connectivity index (χ3v) is 3.78. The maximum atomic E-state index is 4.68. The number of fused-ring (bicyclic) bond motifs is 1. The van der Waals surface area contributed by atoms with Crippen LogP contribution in [0.5, 0.6) is 0 Å². The van der Waals surface area contributed by atoms with E-state index in [2.05, 4.69) is 71.8 Å². The minimum Gasteiger partial charge on any atom is -0.311 e. The average molecular weight is 276 g/mol. The molecular weight excluding hydrogens is 256 g/mol. The van der Waals surface area contributed by atoms with Crippen LogP contribution in [0.1, 0.15) is 24.1 Å². The highest BCUT2D eigenvalue weighted by atomic mass is 14.9. The first-order valence-corrected chi connectivity index (χ1v) is 7.43. The molecule has 1 aromatic heterocycles. The number of rotatable bonds is 5. The molecule has 3 rings (SSSR count). The van der Waals surface area contributed by atoms with Crippen molar-refractivity contribution in [2.45, 2.75) is 19.4 Å². The smallest absolute Gasteiger partial charge is 0.0705 e. The third-order valence-electron chi connectivity index (χ3n) is 3.78. The highest BCUT2D eigenvalue weighted by Crippen LogP contribution is 2.14. The van der Waals surface area contributed by atoms with Crippen LogP contribution >= 0.6 is 0 Å². The van der Waals surface area contributed by atoms with E-state index in [-0.39, 0.29) is 0 Å². The second-order valence-electron chi connectivity index (χ2n) is 5.44. The third kappa shape index (κ3) is 3.47. The molecule has 2 nitrogen and oxygen atoms in total. The molecule has 0 bridgehead atoms. The van der Waals surface area contributed by atoms with Gasteiger partial charge in [-0.1, -0.05) is 61.5 Å². The zero-order valence-electron chi connectivity index (χ0n) is 12.3. The lowest BCUT2D eigenvalue weighted by Gasteiger charge is -2.13. The van der Waals surface area contributed by atoms with Crippen LogP contribution < -0.4 is 5.32 Å². The van der Waals surface area contributed by atoms with E-state index >= 15 is 0 Å². The molecule has 0 aliphatic carbocycles. The Hall–Kier alpha value is -2.19. The van der Waals surface area contributed by atoms with E-state index in [0.717, 1.165) is 24.3 Å². The first kappa shape index (κ1) is 13.8. The first-order valence-electron chi connectivity index (χ1n) is 7.43. The van der Waals surface area contributed by atoms with Crippen molar-refractivity contribution >= 4 is 10.9 Å². The van der Waals surface area contributed by atoms with Crippen LogP contribution in [-0.4, -0.2) is 11.5 Å². The Morgan fingerprint density at radius 3 is 2.52 bits per heavy atom. The van der Waals surface area contributed by atoms with Gasteiger partial charge in [-0.3, -0.25) is 4.98 Å². The fourth-order valence-corrected chi connectivity index (χ4v) is 2.52. The number of pyridine rings is 1. The maximum absolute atomic E-state index is 4.68. The first-order chi connectivity index (χ1) is 10.3. The summed E-state index contributed by atoms with van der Waals surface area (Å²) in [6.45, 7) is 4.01. The molecule has 2 aromatic carbocycles. The lowest BCUT2D eigenvalue weighted by molar-refractivity contribution is 0.609. The van der Waals surface area contributed by atoms with Crippen LogP contribution in [0.3, 0.4) is 0 Å². The predicted molar refractivity (Wildman–Crippen MR) is 88.3 cm³/mol. The fraction of sp³-hybridized carbons (Fsp3) is 0.211. The van der Waals surface area contributed by atoms with Crippen molar-refractivity contribution in [2.24, 2.45) is 0 Å². The molecule has 0 fully saturated rings. The van der Waals surface area contributed by atoms with Gasteiger partial charge in [0.25, 0.3) is 0 Å². The van der Waals surface area contributed by atoms with Gasteiger partial charge in [-0.05, 0) is 23.6 Å². The summed E-state index contributed by atoms with van der Waals surface area (Å²) >= 11 is 0. The molecule has 0 radical (unpaired) electrons. The maximum Gasteiger partial charge on any atom is 0.0705 e. The number of para-hydroxylation sites is 1. The molecule has 2 heteroatoms. The standard InChI is InChI=1S/C19H20N2/c1-15(16-7-3-2-4-8-16)13-20-14-18-12-11-17-9-5-6-10-19(17)21-18/h2-12,15,20H,13-14H2,1H3. The van der Waals surface area contributed by atoms with Gasteiger partial charge < -0.3 is 5.32 Å². The molecule has 0 amide bonds. The minimum absolute atomic E-state index is 0.506. The minimum atomic E-state index is 0.506. The van der Waals surface area contributed by atoms with Gasteiger partial charge in [0.1, 0.15) is 0 Å². The van der Waals surface area contributed by atoms with Crippen molar-refractivity contribution in [3.05, 3.63) is 78.0 Å². The van der Waals surface area contributed by atoms with Crippen LogP contribution in [0, 0.1) is 0 Å². The van der Waals surface area contributed by atoms with Gasteiger partial charge in [0.2, 0.25) is 0 Å². The molecule has 1 heterocycles. The molecule has 0 saturated heterocycles. The SMILES string of the molecule is CC(CNCc1ccc2ccccc2n1)c1ccccc1. The van der Waals surface area contributed by atoms with Gasteiger partial charge in [-0.25, -0.2) is 0 Å². The van der Waals surface area contributed by atoms with Crippen LogP contribution in [-0.2, 0) is 6.54 Å². The molecule has 1 unspecified atom stereocenters. The predicted octanol–water partition coefficient (Wildman–Crippen LogP) is 4.13. The average Bonchev–Trinajstić information content (AvgIpc) is 2.55. The van der Waals surface area contributed by atoms with Crippen molar-refractivity contribution in [3.63, 3.8) is 0 Å². The van der Waals surface area contributed by atoms with E-state index in [1.54, 1.807) is 0 Å². The zero-order chi connectivity index (χ0) is 14.5. The van der Waals surface area contributed by atoms with E-state index in [0.29, 0.717) is 5.92 Å². The van der Waals surface area contributed by atoms with Gasteiger partial charge in [-0.15, -0.1) is 0 Å². The zero-order valence-corrected chi connectivity index (χ0v) is 12.3. The molecule has 0 spiro atoms. The summed E-state index contributed by atoms with van der Waals surface area (Å²) in [6.07, 6.45) is 0. The topological polar surface area (TPSA) is 24.9 Å². The van der Waals surface area contributed by atoms with Crippen molar-refractivity contribution in [1.29, 1.82) is 0 Å². The lowest BCUT2D eigenvalue weighted by Crippen LogP contribution is -2.20. The number of nitrogens with zero attached hydrogens (tertiary/aromatic N) is 1. The summed E-state index contributed by atoms with van der Waals surface area (Å²) in [7, 11) is 0. The van der Waals surface area contributed by atoms with Crippen LogP contribution in [0.15, 0.2) is 66.7 Å². The van der Waals surface area contributed by atoms with Crippen molar-refractivity contribution in [1.82, 2.24) is 10.3 Å². The summed E-state index contributed by atoms with van der Waals surface area (Å²) < 4.78 is 0. The quantitative estimate of drug-likeness (QED) is 0.758. The van der Waals surface area contributed by atoms with Gasteiger partial charge in [-0.2, -0.15) is 0 Å². The summed E-state index contributed by atoms with van der Waals surface area (Å²) in [5.41, 5.74) is 3.53.